The topological polar surface area (TPSA) is 38.7 Å². The van der Waals surface area contributed by atoms with E-state index in [2.05, 4.69) is 0 Å². The molecule has 1 aliphatic carbocycles. The van der Waals surface area contributed by atoms with Crippen LogP contribution in [0.15, 0.2) is 0 Å². The van der Waals surface area contributed by atoms with Gasteiger partial charge in [0.15, 0.2) is 5.79 Å². The Bertz CT molecular complexity index is 135. The number of hydrogen-bond acceptors (Lipinski definition) is 3. The molecule has 0 aromatic carbocycles. The Morgan fingerprint density at radius 3 is 2.73 bits per heavy atom. The van der Waals surface area contributed by atoms with Crippen LogP contribution in [0, 0.1) is 5.92 Å². The van der Waals surface area contributed by atoms with Crippen LogP contribution in [0.4, 0.5) is 0 Å². The minimum atomic E-state index is -0.394. The summed E-state index contributed by atoms with van der Waals surface area (Å²) >= 11 is 0. The molecule has 1 atom stereocenters. The molecule has 1 saturated heterocycles. The standard InChI is InChI=1S/C8H14O3/c9-6-7-2-1-3-8(7)10-4-5-11-8/h7,9H,1-6H2/t7-/m0/s1. The summed E-state index contributed by atoms with van der Waals surface area (Å²) in [7, 11) is 0. The van der Waals surface area contributed by atoms with Crippen LogP contribution in [0.1, 0.15) is 19.3 Å². The highest BCUT2D eigenvalue weighted by atomic mass is 16.7. The van der Waals surface area contributed by atoms with E-state index in [1.807, 2.05) is 0 Å². The molecule has 2 rings (SSSR count). The van der Waals surface area contributed by atoms with E-state index >= 15 is 0 Å². The molecule has 11 heavy (non-hydrogen) atoms. The van der Waals surface area contributed by atoms with Gasteiger partial charge >= 0.3 is 0 Å². The van der Waals surface area contributed by atoms with Gasteiger partial charge in [0.05, 0.1) is 19.8 Å². The van der Waals surface area contributed by atoms with Crippen LogP contribution in [0.25, 0.3) is 0 Å². The van der Waals surface area contributed by atoms with Gasteiger partial charge in [0.25, 0.3) is 0 Å². The lowest BCUT2D eigenvalue weighted by atomic mass is 10.0. The van der Waals surface area contributed by atoms with Crippen molar-refractivity contribution in [2.75, 3.05) is 19.8 Å². The average Bonchev–Trinajstić information content (AvgIpc) is 2.62. The van der Waals surface area contributed by atoms with Crippen molar-refractivity contribution in [2.45, 2.75) is 25.0 Å². The van der Waals surface area contributed by atoms with E-state index in [0.717, 1.165) is 19.3 Å². The number of aliphatic hydroxyl groups is 1. The predicted octanol–water partition coefficient (Wildman–Crippen LogP) is 0.522. The highest BCUT2D eigenvalue weighted by Gasteiger charge is 2.47. The van der Waals surface area contributed by atoms with Crippen LogP contribution < -0.4 is 0 Å². The summed E-state index contributed by atoms with van der Waals surface area (Å²) in [6, 6.07) is 0. The molecule has 1 saturated carbocycles. The second kappa shape index (κ2) is 2.73. The third-order valence-corrected chi connectivity index (χ3v) is 2.70. The van der Waals surface area contributed by atoms with Gasteiger partial charge in [-0.15, -0.1) is 0 Å². The van der Waals surface area contributed by atoms with E-state index in [-0.39, 0.29) is 12.5 Å². The maximum absolute atomic E-state index is 9.03. The summed E-state index contributed by atoms with van der Waals surface area (Å²) in [5, 5.41) is 9.03. The van der Waals surface area contributed by atoms with E-state index in [9.17, 15) is 0 Å². The molecule has 0 unspecified atom stereocenters. The van der Waals surface area contributed by atoms with Crippen LogP contribution in [-0.2, 0) is 9.47 Å². The third kappa shape index (κ3) is 1.08. The lowest BCUT2D eigenvalue weighted by molar-refractivity contribution is -0.188. The zero-order valence-electron chi connectivity index (χ0n) is 6.58. The van der Waals surface area contributed by atoms with Gasteiger partial charge in [0.2, 0.25) is 0 Å². The monoisotopic (exact) mass is 158 g/mol. The molecule has 1 heterocycles. The summed E-state index contributed by atoms with van der Waals surface area (Å²) in [4.78, 5) is 0. The number of ether oxygens (including phenoxy) is 2. The number of rotatable bonds is 1. The largest absolute Gasteiger partial charge is 0.396 e. The van der Waals surface area contributed by atoms with Crippen molar-refractivity contribution in [3.63, 3.8) is 0 Å². The Labute approximate surface area is 66.3 Å². The fourth-order valence-corrected chi connectivity index (χ4v) is 2.10. The van der Waals surface area contributed by atoms with Crippen LogP contribution in [0.5, 0.6) is 0 Å². The Kier molecular flexibility index (Phi) is 1.87. The van der Waals surface area contributed by atoms with Crippen molar-refractivity contribution >= 4 is 0 Å². The normalized spacial score (nSPS) is 35.2. The van der Waals surface area contributed by atoms with E-state index in [0.29, 0.717) is 13.2 Å². The first-order valence-corrected chi connectivity index (χ1v) is 4.26. The van der Waals surface area contributed by atoms with Gasteiger partial charge in [-0.25, -0.2) is 0 Å². The molecule has 1 spiro atoms. The summed E-state index contributed by atoms with van der Waals surface area (Å²) in [6.45, 7) is 1.58. The zero-order chi connectivity index (χ0) is 7.73. The van der Waals surface area contributed by atoms with Crippen molar-refractivity contribution in [1.29, 1.82) is 0 Å². The molecule has 3 nitrogen and oxygen atoms in total. The third-order valence-electron chi connectivity index (χ3n) is 2.70. The SMILES string of the molecule is OC[C@@H]1CCCC12OCCO2. The predicted molar refractivity (Wildman–Crippen MR) is 39.1 cm³/mol. The first kappa shape index (κ1) is 7.53. The van der Waals surface area contributed by atoms with E-state index in [4.69, 9.17) is 14.6 Å². The molecule has 0 amide bonds. The quantitative estimate of drug-likeness (QED) is 0.604. The van der Waals surface area contributed by atoms with Gasteiger partial charge < -0.3 is 14.6 Å². The van der Waals surface area contributed by atoms with Gasteiger partial charge in [-0.1, -0.05) is 0 Å². The highest BCUT2D eigenvalue weighted by Crippen LogP contribution is 2.41. The molecule has 1 N–H and O–H groups in total. The van der Waals surface area contributed by atoms with Crippen molar-refractivity contribution < 1.29 is 14.6 Å². The molecular weight excluding hydrogens is 144 g/mol. The zero-order valence-corrected chi connectivity index (χ0v) is 6.58. The van der Waals surface area contributed by atoms with Crippen LogP contribution >= 0.6 is 0 Å². The van der Waals surface area contributed by atoms with Crippen LogP contribution in [-0.4, -0.2) is 30.7 Å². The van der Waals surface area contributed by atoms with Crippen molar-refractivity contribution in [3.8, 4) is 0 Å². The van der Waals surface area contributed by atoms with E-state index in [1.54, 1.807) is 0 Å². The minimum Gasteiger partial charge on any atom is -0.396 e. The molecule has 0 aromatic heterocycles. The minimum absolute atomic E-state index is 0.194. The van der Waals surface area contributed by atoms with Gasteiger partial charge in [0, 0.05) is 12.3 Å². The smallest absolute Gasteiger partial charge is 0.173 e. The number of aliphatic hydroxyl groups excluding tert-OH is 1. The Hall–Kier alpha value is -0.120. The Morgan fingerprint density at radius 1 is 1.36 bits per heavy atom. The lowest BCUT2D eigenvalue weighted by Crippen LogP contribution is -2.36. The number of hydrogen-bond donors (Lipinski definition) is 1. The molecule has 0 aromatic rings. The second-order valence-electron chi connectivity index (χ2n) is 3.28. The molecule has 2 aliphatic rings. The van der Waals surface area contributed by atoms with Gasteiger partial charge in [0.1, 0.15) is 0 Å². The van der Waals surface area contributed by atoms with Crippen LogP contribution in [0.3, 0.4) is 0 Å². The molecular formula is C8H14O3. The Morgan fingerprint density at radius 2 is 2.09 bits per heavy atom. The lowest BCUT2D eigenvalue weighted by Gasteiger charge is -2.27. The van der Waals surface area contributed by atoms with Gasteiger partial charge in [-0.05, 0) is 12.8 Å². The maximum atomic E-state index is 9.03. The molecule has 3 heteroatoms. The van der Waals surface area contributed by atoms with Crippen molar-refractivity contribution in [3.05, 3.63) is 0 Å². The van der Waals surface area contributed by atoms with Gasteiger partial charge in [-0.3, -0.25) is 0 Å². The fraction of sp³-hybridized carbons (Fsp3) is 1.00. The van der Waals surface area contributed by atoms with Crippen molar-refractivity contribution in [1.82, 2.24) is 0 Å². The second-order valence-corrected chi connectivity index (χ2v) is 3.28. The fourth-order valence-electron chi connectivity index (χ4n) is 2.10. The summed E-state index contributed by atoms with van der Waals surface area (Å²) in [5.74, 6) is -0.181. The highest BCUT2D eigenvalue weighted by molar-refractivity contribution is 4.88. The summed E-state index contributed by atoms with van der Waals surface area (Å²) < 4.78 is 11.0. The van der Waals surface area contributed by atoms with E-state index < -0.39 is 5.79 Å². The molecule has 1 aliphatic heterocycles. The summed E-state index contributed by atoms with van der Waals surface area (Å²) in [5.41, 5.74) is 0. The first-order chi connectivity index (χ1) is 5.37. The molecule has 2 fully saturated rings. The molecule has 0 bridgehead atoms. The van der Waals surface area contributed by atoms with E-state index in [1.165, 1.54) is 0 Å². The summed E-state index contributed by atoms with van der Waals surface area (Å²) in [6.07, 6.45) is 3.11. The Balaban J connectivity index is 2.09. The van der Waals surface area contributed by atoms with Crippen molar-refractivity contribution in [2.24, 2.45) is 5.92 Å². The first-order valence-electron chi connectivity index (χ1n) is 4.26. The average molecular weight is 158 g/mol. The molecule has 0 radical (unpaired) electrons. The van der Waals surface area contributed by atoms with Gasteiger partial charge in [-0.2, -0.15) is 0 Å². The van der Waals surface area contributed by atoms with Crippen LogP contribution in [0.2, 0.25) is 0 Å². The maximum Gasteiger partial charge on any atom is 0.173 e. The molecule has 64 valence electrons.